The van der Waals surface area contributed by atoms with Crippen molar-refractivity contribution in [1.29, 1.82) is 0 Å². The molecular formula is C7H14NO2. The van der Waals surface area contributed by atoms with Crippen LogP contribution < -0.4 is 0 Å². The molecule has 1 rings (SSSR count). The van der Waals surface area contributed by atoms with Crippen molar-refractivity contribution in [2.24, 2.45) is 0 Å². The van der Waals surface area contributed by atoms with Gasteiger partial charge in [0.15, 0.2) is 0 Å². The molecule has 0 atom stereocenters. The first-order valence-electron chi connectivity index (χ1n) is 3.82. The van der Waals surface area contributed by atoms with Crippen molar-refractivity contribution in [3.05, 3.63) is 0 Å². The van der Waals surface area contributed by atoms with E-state index >= 15 is 0 Å². The highest BCUT2D eigenvalue weighted by Crippen LogP contribution is 2.08. The third-order valence-electron chi connectivity index (χ3n) is 1.95. The Bertz CT molecular complexity index is 89.6. The number of aliphatic hydroxyl groups is 1. The SMILES string of the molecule is [O]C1CCN(CCO)CC1. The number of rotatable bonds is 2. The second-order valence-corrected chi connectivity index (χ2v) is 2.76. The minimum Gasteiger partial charge on any atom is -0.395 e. The summed E-state index contributed by atoms with van der Waals surface area (Å²) in [5.41, 5.74) is 0. The summed E-state index contributed by atoms with van der Waals surface area (Å²) < 4.78 is 0. The molecule has 3 heteroatoms. The summed E-state index contributed by atoms with van der Waals surface area (Å²) in [6.07, 6.45) is 1.15. The molecule has 1 aliphatic rings. The molecule has 1 radical (unpaired) electrons. The molecule has 0 saturated carbocycles. The molecule has 0 bridgehead atoms. The lowest BCUT2D eigenvalue weighted by molar-refractivity contribution is 0.0237. The van der Waals surface area contributed by atoms with Crippen LogP contribution in [-0.4, -0.2) is 42.4 Å². The number of hydrogen-bond donors (Lipinski definition) is 1. The molecule has 1 saturated heterocycles. The lowest BCUT2D eigenvalue weighted by Crippen LogP contribution is -2.36. The Morgan fingerprint density at radius 3 is 2.50 bits per heavy atom. The summed E-state index contributed by atoms with van der Waals surface area (Å²) in [4.78, 5) is 2.13. The van der Waals surface area contributed by atoms with Gasteiger partial charge in [0.05, 0.1) is 12.7 Å². The molecule has 0 aromatic rings. The van der Waals surface area contributed by atoms with Gasteiger partial charge in [0.2, 0.25) is 0 Å². The largest absolute Gasteiger partial charge is 0.395 e. The van der Waals surface area contributed by atoms with E-state index in [4.69, 9.17) is 5.11 Å². The fraction of sp³-hybridized carbons (Fsp3) is 1.00. The van der Waals surface area contributed by atoms with E-state index in [1.165, 1.54) is 0 Å². The normalized spacial score (nSPS) is 23.4. The zero-order chi connectivity index (χ0) is 7.40. The monoisotopic (exact) mass is 144 g/mol. The summed E-state index contributed by atoms with van der Waals surface area (Å²) in [6, 6.07) is 0. The van der Waals surface area contributed by atoms with Gasteiger partial charge < -0.3 is 10.0 Å². The van der Waals surface area contributed by atoms with Crippen molar-refractivity contribution in [2.45, 2.75) is 18.9 Å². The van der Waals surface area contributed by atoms with Crippen LogP contribution in [0.4, 0.5) is 0 Å². The highest BCUT2D eigenvalue weighted by atomic mass is 16.3. The topological polar surface area (TPSA) is 43.4 Å². The molecule has 1 N–H and O–H groups in total. The molecule has 1 fully saturated rings. The summed E-state index contributed by atoms with van der Waals surface area (Å²) >= 11 is 0. The van der Waals surface area contributed by atoms with E-state index < -0.39 is 0 Å². The first-order chi connectivity index (χ1) is 4.83. The van der Waals surface area contributed by atoms with Crippen LogP contribution in [0.1, 0.15) is 12.8 Å². The van der Waals surface area contributed by atoms with E-state index in [0.29, 0.717) is 0 Å². The van der Waals surface area contributed by atoms with Crippen LogP contribution >= 0.6 is 0 Å². The van der Waals surface area contributed by atoms with Crippen molar-refractivity contribution in [3.63, 3.8) is 0 Å². The van der Waals surface area contributed by atoms with Gasteiger partial charge in [-0.05, 0) is 12.8 Å². The molecule has 0 amide bonds. The molecule has 0 spiro atoms. The molecule has 0 aromatic heterocycles. The van der Waals surface area contributed by atoms with Crippen molar-refractivity contribution < 1.29 is 10.2 Å². The van der Waals surface area contributed by atoms with Gasteiger partial charge in [0.1, 0.15) is 0 Å². The smallest absolute Gasteiger partial charge is 0.0954 e. The summed E-state index contributed by atoms with van der Waals surface area (Å²) in [5.74, 6) is 0. The molecule has 0 aliphatic carbocycles. The van der Waals surface area contributed by atoms with Gasteiger partial charge in [-0.1, -0.05) is 0 Å². The van der Waals surface area contributed by atoms with Crippen LogP contribution in [0.3, 0.4) is 0 Å². The fourth-order valence-corrected chi connectivity index (χ4v) is 1.27. The number of β-amino-alcohol motifs (C(OH)–C–C–N with tert-alkyl or cyclic N) is 1. The maximum absolute atomic E-state index is 10.8. The lowest BCUT2D eigenvalue weighted by atomic mass is 10.1. The van der Waals surface area contributed by atoms with E-state index in [1.807, 2.05) is 0 Å². The molecule has 0 unspecified atom stereocenters. The maximum atomic E-state index is 10.8. The standard InChI is InChI=1S/C7H14NO2/c9-6-5-8-3-1-7(10)2-4-8/h7,9H,1-6H2. The Hall–Kier alpha value is -0.120. The van der Waals surface area contributed by atoms with E-state index in [0.717, 1.165) is 32.5 Å². The second-order valence-electron chi connectivity index (χ2n) is 2.76. The van der Waals surface area contributed by atoms with Gasteiger partial charge in [-0.2, -0.15) is 0 Å². The quantitative estimate of drug-likeness (QED) is 0.587. The Morgan fingerprint density at radius 1 is 1.40 bits per heavy atom. The molecule has 1 heterocycles. The zero-order valence-electron chi connectivity index (χ0n) is 6.12. The third kappa shape index (κ3) is 2.25. The van der Waals surface area contributed by atoms with E-state index in [-0.39, 0.29) is 12.7 Å². The predicted molar refractivity (Wildman–Crippen MR) is 37.2 cm³/mol. The number of nitrogens with zero attached hydrogens (tertiary/aromatic N) is 1. The predicted octanol–water partition coefficient (Wildman–Crippen LogP) is -0.126. The van der Waals surface area contributed by atoms with E-state index in [2.05, 4.69) is 4.90 Å². The summed E-state index contributed by atoms with van der Waals surface area (Å²) in [5, 5.41) is 19.4. The number of piperidine rings is 1. The zero-order valence-corrected chi connectivity index (χ0v) is 6.12. The average molecular weight is 144 g/mol. The fourth-order valence-electron chi connectivity index (χ4n) is 1.27. The molecule has 0 aromatic carbocycles. The number of likely N-dealkylation sites (tertiary alicyclic amines) is 1. The van der Waals surface area contributed by atoms with Crippen LogP contribution in [0.15, 0.2) is 0 Å². The third-order valence-corrected chi connectivity index (χ3v) is 1.95. The van der Waals surface area contributed by atoms with Gasteiger partial charge >= 0.3 is 0 Å². The van der Waals surface area contributed by atoms with E-state index in [1.54, 1.807) is 0 Å². The van der Waals surface area contributed by atoms with Gasteiger partial charge in [0, 0.05) is 19.6 Å². The molecule has 1 aliphatic heterocycles. The molecular weight excluding hydrogens is 130 g/mol. The van der Waals surface area contributed by atoms with Gasteiger partial charge in [-0.15, -0.1) is 0 Å². The first-order valence-corrected chi connectivity index (χ1v) is 3.82. The highest BCUT2D eigenvalue weighted by Gasteiger charge is 2.16. The second kappa shape index (κ2) is 3.91. The molecule has 10 heavy (non-hydrogen) atoms. The van der Waals surface area contributed by atoms with E-state index in [9.17, 15) is 5.11 Å². The van der Waals surface area contributed by atoms with Gasteiger partial charge in [-0.25, -0.2) is 5.11 Å². The van der Waals surface area contributed by atoms with Gasteiger partial charge in [0.25, 0.3) is 0 Å². The Labute approximate surface area is 61.3 Å². The number of hydrogen-bond acceptors (Lipinski definition) is 2. The van der Waals surface area contributed by atoms with Crippen LogP contribution in [0, 0.1) is 0 Å². The van der Waals surface area contributed by atoms with Crippen molar-refractivity contribution in [2.75, 3.05) is 26.2 Å². The first kappa shape index (κ1) is 7.98. The highest BCUT2D eigenvalue weighted by molar-refractivity contribution is 4.69. The van der Waals surface area contributed by atoms with Crippen LogP contribution in [0.25, 0.3) is 0 Å². The number of aliphatic hydroxyl groups excluding tert-OH is 1. The van der Waals surface area contributed by atoms with Crippen molar-refractivity contribution in [1.82, 2.24) is 4.90 Å². The maximum Gasteiger partial charge on any atom is 0.0954 e. The molecule has 3 nitrogen and oxygen atoms in total. The lowest BCUT2D eigenvalue weighted by Gasteiger charge is -2.27. The average Bonchev–Trinajstić information content (AvgIpc) is 1.95. The van der Waals surface area contributed by atoms with Crippen LogP contribution in [0.2, 0.25) is 0 Å². The minimum absolute atomic E-state index is 0.212. The van der Waals surface area contributed by atoms with Crippen LogP contribution in [0.5, 0.6) is 0 Å². The van der Waals surface area contributed by atoms with Crippen molar-refractivity contribution in [3.8, 4) is 0 Å². The Kier molecular flexibility index (Phi) is 3.12. The summed E-state index contributed by atoms with van der Waals surface area (Å²) in [6.45, 7) is 2.68. The molecule has 59 valence electrons. The Morgan fingerprint density at radius 2 is 2.00 bits per heavy atom. The Balaban J connectivity index is 2.13. The minimum atomic E-state index is -0.352. The van der Waals surface area contributed by atoms with Crippen LogP contribution in [-0.2, 0) is 5.11 Å². The van der Waals surface area contributed by atoms with Gasteiger partial charge in [-0.3, -0.25) is 0 Å². The van der Waals surface area contributed by atoms with Crippen molar-refractivity contribution >= 4 is 0 Å². The summed E-state index contributed by atoms with van der Waals surface area (Å²) in [7, 11) is 0.